The normalized spacial score (nSPS) is 15.1. The number of aromatic nitrogens is 3. The molecular formula is C19H23N4O4S-. The van der Waals surface area contributed by atoms with Gasteiger partial charge in [0, 0.05) is 11.7 Å². The first-order valence-electron chi connectivity index (χ1n) is 9.16. The third-order valence-electron chi connectivity index (χ3n) is 4.66. The lowest BCUT2D eigenvalue weighted by Crippen LogP contribution is -2.24. The lowest BCUT2D eigenvalue weighted by molar-refractivity contribution is -0.301. The van der Waals surface area contributed by atoms with E-state index in [1.54, 1.807) is 31.2 Å². The summed E-state index contributed by atoms with van der Waals surface area (Å²) in [7, 11) is 3.16. The molecule has 9 heteroatoms. The number of carboxylic acid groups (broad SMARTS) is 1. The third kappa shape index (κ3) is 4.83. The summed E-state index contributed by atoms with van der Waals surface area (Å²) in [4.78, 5) is 10.8. The zero-order chi connectivity index (χ0) is 19.9. The number of carboxylic acids is 1. The Labute approximate surface area is 167 Å². The number of hydrogen-bond acceptors (Lipinski definition) is 8. The Morgan fingerprint density at radius 2 is 2.00 bits per heavy atom. The van der Waals surface area contributed by atoms with E-state index in [2.05, 4.69) is 15.3 Å². The molecule has 0 saturated heterocycles. The number of thioether (sulfide) groups is 1. The van der Waals surface area contributed by atoms with Crippen LogP contribution in [0, 0.1) is 0 Å². The quantitative estimate of drug-likeness (QED) is 0.491. The standard InChI is InChI=1S/C19H24N4O4S/c1-26-15-9-8-13(10-16(15)27-2)11-20-23-18(14-6-4-3-5-7-14)21-22-19(23)28-12-17(24)25/h8-11,14H,3-7,12H2,1-2H3,(H,24,25)/p-1/b20-11-. The van der Waals surface area contributed by atoms with Crippen LogP contribution in [0.4, 0.5) is 0 Å². The molecule has 0 radical (unpaired) electrons. The second-order valence-electron chi connectivity index (χ2n) is 6.51. The van der Waals surface area contributed by atoms with Crippen molar-refractivity contribution in [3.05, 3.63) is 29.6 Å². The van der Waals surface area contributed by atoms with Gasteiger partial charge in [0.1, 0.15) is 0 Å². The molecule has 3 rings (SSSR count). The number of aliphatic carboxylic acids is 1. The summed E-state index contributed by atoms with van der Waals surface area (Å²) in [6.45, 7) is 0. The summed E-state index contributed by atoms with van der Waals surface area (Å²) in [5, 5.41) is 24.3. The Morgan fingerprint density at radius 3 is 2.68 bits per heavy atom. The second kappa shape index (κ2) is 9.59. The van der Waals surface area contributed by atoms with Gasteiger partial charge < -0.3 is 19.4 Å². The van der Waals surface area contributed by atoms with Gasteiger partial charge in [0.05, 0.1) is 26.4 Å². The first-order valence-corrected chi connectivity index (χ1v) is 10.1. The summed E-state index contributed by atoms with van der Waals surface area (Å²) >= 11 is 1.06. The third-order valence-corrected chi connectivity index (χ3v) is 5.55. The fourth-order valence-electron chi connectivity index (χ4n) is 3.27. The predicted octanol–water partition coefficient (Wildman–Crippen LogP) is 2.07. The van der Waals surface area contributed by atoms with Crippen molar-refractivity contribution in [3.8, 4) is 11.5 Å². The number of carbonyl (C=O) groups is 1. The first kappa shape index (κ1) is 20.2. The van der Waals surface area contributed by atoms with Crippen LogP contribution in [0.2, 0.25) is 0 Å². The molecule has 0 spiro atoms. The molecule has 1 aromatic carbocycles. The number of hydrogen-bond donors (Lipinski definition) is 0. The minimum atomic E-state index is -1.15. The molecule has 0 unspecified atom stereocenters. The van der Waals surface area contributed by atoms with Crippen LogP contribution < -0.4 is 14.6 Å². The highest BCUT2D eigenvalue weighted by molar-refractivity contribution is 7.99. The van der Waals surface area contributed by atoms with Crippen LogP contribution in [0.15, 0.2) is 28.5 Å². The molecule has 0 aliphatic heterocycles. The lowest BCUT2D eigenvalue weighted by Gasteiger charge is -2.20. The summed E-state index contributed by atoms with van der Waals surface area (Å²) in [6.07, 6.45) is 7.29. The molecule has 1 aliphatic rings. The van der Waals surface area contributed by atoms with E-state index in [-0.39, 0.29) is 11.7 Å². The van der Waals surface area contributed by atoms with E-state index in [0.717, 1.165) is 48.8 Å². The predicted molar refractivity (Wildman–Crippen MR) is 104 cm³/mol. The van der Waals surface area contributed by atoms with Gasteiger partial charge in [-0.1, -0.05) is 31.0 Å². The Morgan fingerprint density at radius 1 is 1.25 bits per heavy atom. The number of benzene rings is 1. The molecule has 0 N–H and O–H groups in total. The van der Waals surface area contributed by atoms with Gasteiger partial charge in [-0.3, -0.25) is 0 Å². The average Bonchev–Trinajstić information content (AvgIpc) is 3.13. The van der Waals surface area contributed by atoms with Crippen molar-refractivity contribution < 1.29 is 19.4 Å². The number of rotatable bonds is 8. The van der Waals surface area contributed by atoms with Gasteiger partial charge in [-0.25, -0.2) is 0 Å². The van der Waals surface area contributed by atoms with Gasteiger partial charge in [0.2, 0.25) is 5.16 Å². The fourth-order valence-corrected chi connectivity index (χ4v) is 3.88. The minimum Gasteiger partial charge on any atom is -0.549 e. The number of methoxy groups -OCH3 is 2. The molecular weight excluding hydrogens is 380 g/mol. The smallest absolute Gasteiger partial charge is 0.212 e. The summed E-state index contributed by atoms with van der Waals surface area (Å²) in [5.41, 5.74) is 0.816. The fraction of sp³-hybridized carbons (Fsp3) is 0.474. The molecule has 1 aromatic heterocycles. The number of nitrogens with zero attached hydrogens (tertiary/aromatic N) is 4. The molecule has 28 heavy (non-hydrogen) atoms. The van der Waals surface area contributed by atoms with E-state index in [9.17, 15) is 9.90 Å². The highest BCUT2D eigenvalue weighted by Crippen LogP contribution is 2.33. The van der Waals surface area contributed by atoms with Crippen molar-refractivity contribution in [2.24, 2.45) is 5.10 Å². The van der Waals surface area contributed by atoms with Crippen molar-refractivity contribution in [1.29, 1.82) is 0 Å². The van der Waals surface area contributed by atoms with Crippen molar-refractivity contribution >= 4 is 23.9 Å². The lowest BCUT2D eigenvalue weighted by atomic mass is 9.89. The van der Waals surface area contributed by atoms with Gasteiger partial charge in [0.15, 0.2) is 17.3 Å². The maximum absolute atomic E-state index is 10.8. The van der Waals surface area contributed by atoms with Gasteiger partial charge in [0.25, 0.3) is 0 Å². The second-order valence-corrected chi connectivity index (χ2v) is 7.45. The monoisotopic (exact) mass is 403 g/mol. The van der Waals surface area contributed by atoms with E-state index in [0.29, 0.717) is 16.7 Å². The highest BCUT2D eigenvalue weighted by Gasteiger charge is 2.23. The number of ether oxygens (including phenoxy) is 2. The van der Waals surface area contributed by atoms with Crippen LogP contribution in [0.5, 0.6) is 11.5 Å². The van der Waals surface area contributed by atoms with Crippen molar-refractivity contribution in [1.82, 2.24) is 14.9 Å². The highest BCUT2D eigenvalue weighted by atomic mass is 32.2. The van der Waals surface area contributed by atoms with E-state index >= 15 is 0 Å². The van der Waals surface area contributed by atoms with Gasteiger partial charge in [-0.2, -0.15) is 9.78 Å². The summed E-state index contributed by atoms with van der Waals surface area (Å²) < 4.78 is 12.2. The molecule has 0 bridgehead atoms. The van der Waals surface area contributed by atoms with Crippen LogP contribution in [0.1, 0.15) is 49.4 Å². The van der Waals surface area contributed by atoms with Crippen molar-refractivity contribution in [3.63, 3.8) is 0 Å². The summed E-state index contributed by atoms with van der Waals surface area (Å²) in [5.74, 6) is 0.946. The molecule has 2 aromatic rings. The molecule has 1 heterocycles. The Kier molecular flexibility index (Phi) is 6.91. The molecule has 1 fully saturated rings. The molecule has 0 amide bonds. The summed E-state index contributed by atoms with van der Waals surface area (Å²) in [6, 6.07) is 5.49. The zero-order valence-electron chi connectivity index (χ0n) is 16.0. The molecule has 150 valence electrons. The maximum atomic E-state index is 10.8. The van der Waals surface area contributed by atoms with Crippen molar-refractivity contribution in [2.75, 3.05) is 20.0 Å². The molecule has 8 nitrogen and oxygen atoms in total. The van der Waals surface area contributed by atoms with Crippen LogP contribution in [-0.2, 0) is 4.79 Å². The Bertz CT molecular complexity index is 846. The van der Waals surface area contributed by atoms with E-state index in [1.165, 1.54) is 6.42 Å². The van der Waals surface area contributed by atoms with Crippen LogP contribution in [0.25, 0.3) is 0 Å². The Balaban J connectivity index is 1.90. The van der Waals surface area contributed by atoms with Gasteiger partial charge >= 0.3 is 0 Å². The van der Waals surface area contributed by atoms with E-state index < -0.39 is 5.97 Å². The SMILES string of the molecule is COc1ccc(/C=N\n2c(SCC(=O)[O-])nnc2C2CCCCC2)cc1OC. The van der Waals surface area contributed by atoms with Crippen LogP contribution >= 0.6 is 11.8 Å². The molecule has 0 atom stereocenters. The van der Waals surface area contributed by atoms with Crippen LogP contribution in [0.3, 0.4) is 0 Å². The van der Waals surface area contributed by atoms with Gasteiger partial charge in [-0.05, 0) is 36.6 Å². The molecule has 1 saturated carbocycles. The Hall–Kier alpha value is -2.55. The maximum Gasteiger partial charge on any atom is 0.212 e. The topological polar surface area (TPSA) is 102 Å². The van der Waals surface area contributed by atoms with Crippen LogP contribution in [-0.4, -0.2) is 47.0 Å². The van der Waals surface area contributed by atoms with E-state index in [1.807, 2.05) is 12.1 Å². The molecule has 1 aliphatic carbocycles. The average molecular weight is 403 g/mol. The number of carbonyl (C=O) groups excluding carboxylic acids is 1. The largest absolute Gasteiger partial charge is 0.549 e. The van der Waals surface area contributed by atoms with E-state index in [4.69, 9.17) is 9.47 Å². The van der Waals surface area contributed by atoms with Gasteiger partial charge in [-0.15, -0.1) is 10.2 Å². The minimum absolute atomic E-state index is 0.200. The van der Waals surface area contributed by atoms with Crippen molar-refractivity contribution in [2.45, 2.75) is 43.2 Å². The first-order chi connectivity index (χ1) is 13.6. The zero-order valence-corrected chi connectivity index (χ0v) is 16.8.